The zero-order valence-corrected chi connectivity index (χ0v) is 11.7. The molecular weight excluding hydrogens is 246 g/mol. The number of rotatable bonds is 3. The Morgan fingerprint density at radius 3 is 2.74 bits per heavy atom. The second kappa shape index (κ2) is 6.01. The fraction of sp³-hybridized carbons (Fsp3) is 0.750. The Labute approximate surface area is 112 Å². The van der Waals surface area contributed by atoms with Crippen LogP contribution in [0.1, 0.15) is 30.4 Å². The Bertz CT molecular complexity index is 424. The average Bonchev–Trinajstić information content (AvgIpc) is 2.87. The molecule has 1 saturated heterocycles. The lowest BCUT2D eigenvalue weighted by atomic mass is 9.96. The topological polar surface area (TPSA) is 74.3 Å². The Hall–Kier alpha value is -1.63. The number of nitrogens with zero attached hydrogens (tertiary/aromatic N) is 4. The third-order valence-electron chi connectivity index (χ3n) is 3.34. The molecule has 7 nitrogen and oxygen atoms in total. The van der Waals surface area contributed by atoms with Gasteiger partial charge in [0.2, 0.25) is 0 Å². The number of piperidine rings is 1. The lowest BCUT2D eigenvalue weighted by Gasteiger charge is -2.32. The molecule has 7 heteroatoms. The summed E-state index contributed by atoms with van der Waals surface area (Å²) in [5, 5.41) is 7.11. The monoisotopic (exact) mass is 267 g/mol. The van der Waals surface area contributed by atoms with Gasteiger partial charge in [-0.25, -0.2) is 9.78 Å². The first-order valence-electron chi connectivity index (χ1n) is 6.48. The number of carbonyl (C=O) groups excluding carboxylic acids is 1. The van der Waals surface area contributed by atoms with Crippen molar-refractivity contribution < 1.29 is 9.53 Å². The quantitative estimate of drug-likeness (QED) is 0.879. The minimum absolute atomic E-state index is 0.0773. The SMILES string of the molecule is COCc1nc(C2CCN(C(=O)N(C)C)CC2)n[nH]1. The van der Waals surface area contributed by atoms with Gasteiger partial charge in [0.15, 0.2) is 11.6 Å². The Kier molecular flexibility index (Phi) is 4.36. The van der Waals surface area contributed by atoms with Gasteiger partial charge in [-0.1, -0.05) is 0 Å². The van der Waals surface area contributed by atoms with E-state index in [1.807, 2.05) is 4.90 Å². The van der Waals surface area contributed by atoms with Crippen LogP contribution >= 0.6 is 0 Å². The van der Waals surface area contributed by atoms with Crippen molar-refractivity contribution in [1.82, 2.24) is 25.0 Å². The molecule has 1 aliphatic heterocycles. The van der Waals surface area contributed by atoms with E-state index in [4.69, 9.17) is 4.74 Å². The lowest BCUT2D eigenvalue weighted by Crippen LogP contribution is -2.43. The van der Waals surface area contributed by atoms with Crippen LogP contribution in [0.2, 0.25) is 0 Å². The number of carbonyl (C=O) groups is 1. The molecule has 0 radical (unpaired) electrons. The zero-order chi connectivity index (χ0) is 13.8. The maximum Gasteiger partial charge on any atom is 0.319 e. The number of urea groups is 1. The number of aromatic amines is 1. The van der Waals surface area contributed by atoms with Gasteiger partial charge in [-0.3, -0.25) is 5.10 Å². The van der Waals surface area contributed by atoms with Crippen LogP contribution in [0.25, 0.3) is 0 Å². The molecule has 1 fully saturated rings. The number of H-pyrrole nitrogens is 1. The standard InChI is InChI=1S/C12H21N5O2/c1-16(2)12(18)17-6-4-9(5-7-17)11-13-10(8-19-3)14-15-11/h9H,4-8H2,1-3H3,(H,13,14,15). The van der Waals surface area contributed by atoms with E-state index >= 15 is 0 Å². The Morgan fingerprint density at radius 1 is 1.47 bits per heavy atom. The van der Waals surface area contributed by atoms with Crippen LogP contribution in [-0.4, -0.2) is 65.3 Å². The largest absolute Gasteiger partial charge is 0.377 e. The average molecular weight is 267 g/mol. The molecule has 0 spiro atoms. The number of hydrogen-bond donors (Lipinski definition) is 1. The normalized spacial score (nSPS) is 16.7. The molecule has 106 valence electrons. The van der Waals surface area contributed by atoms with Gasteiger partial charge in [-0.2, -0.15) is 5.10 Å². The van der Waals surface area contributed by atoms with Gasteiger partial charge in [0.1, 0.15) is 6.61 Å². The molecule has 0 aromatic carbocycles. The van der Waals surface area contributed by atoms with E-state index in [2.05, 4.69) is 15.2 Å². The number of nitrogens with one attached hydrogen (secondary N) is 1. The van der Waals surface area contributed by atoms with E-state index < -0.39 is 0 Å². The van der Waals surface area contributed by atoms with Gasteiger partial charge in [0.25, 0.3) is 0 Å². The molecule has 1 aromatic rings. The maximum atomic E-state index is 11.8. The van der Waals surface area contributed by atoms with Crippen molar-refractivity contribution in [3.63, 3.8) is 0 Å². The van der Waals surface area contributed by atoms with Crippen LogP contribution in [0.3, 0.4) is 0 Å². The molecule has 2 heterocycles. The summed E-state index contributed by atoms with van der Waals surface area (Å²) < 4.78 is 5.01. The highest BCUT2D eigenvalue weighted by Gasteiger charge is 2.26. The fourth-order valence-electron chi connectivity index (χ4n) is 2.31. The van der Waals surface area contributed by atoms with Crippen molar-refractivity contribution in [1.29, 1.82) is 0 Å². The minimum Gasteiger partial charge on any atom is -0.377 e. The highest BCUT2D eigenvalue weighted by molar-refractivity contribution is 5.73. The summed E-state index contributed by atoms with van der Waals surface area (Å²) in [6.45, 7) is 1.97. The molecule has 0 aliphatic carbocycles. The van der Waals surface area contributed by atoms with Crippen LogP contribution in [0, 0.1) is 0 Å². The molecule has 0 bridgehead atoms. The smallest absolute Gasteiger partial charge is 0.319 e. The van der Waals surface area contributed by atoms with E-state index in [1.165, 1.54) is 0 Å². The number of likely N-dealkylation sites (tertiary alicyclic amines) is 1. The van der Waals surface area contributed by atoms with E-state index in [0.717, 1.165) is 37.6 Å². The van der Waals surface area contributed by atoms with Crippen molar-refractivity contribution in [2.45, 2.75) is 25.4 Å². The fourth-order valence-corrected chi connectivity index (χ4v) is 2.31. The van der Waals surface area contributed by atoms with Crippen molar-refractivity contribution in [3.8, 4) is 0 Å². The molecule has 1 aliphatic rings. The van der Waals surface area contributed by atoms with Crippen LogP contribution in [0.5, 0.6) is 0 Å². The van der Waals surface area contributed by atoms with Crippen LogP contribution in [-0.2, 0) is 11.3 Å². The number of methoxy groups -OCH3 is 1. The molecule has 0 unspecified atom stereocenters. The van der Waals surface area contributed by atoms with Crippen molar-refractivity contribution in [2.24, 2.45) is 0 Å². The summed E-state index contributed by atoms with van der Waals surface area (Å²) in [7, 11) is 5.19. The zero-order valence-electron chi connectivity index (χ0n) is 11.7. The predicted molar refractivity (Wildman–Crippen MR) is 69.7 cm³/mol. The summed E-state index contributed by atoms with van der Waals surface area (Å²) in [5.41, 5.74) is 0. The van der Waals surface area contributed by atoms with Crippen LogP contribution in [0.4, 0.5) is 4.79 Å². The summed E-state index contributed by atoms with van der Waals surface area (Å²) in [5.74, 6) is 1.92. The second-order valence-corrected chi connectivity index (χ2v) is 5.01. The van der Waals surface area contributed by atoms with E-state index in [-0.39, 0.29) is 6.03 Å². The number of amides is 2. The molecule has 2 amide bonds. The van der Waals surface area contributed by atoms with Crippen molar-refractivity contribution in [2.75, 3.05) is 34.3 Å². The van der Waals surface area contributed by atoms with Crippen molar-refractivity contribution in [3.05, 3.63) is 11.6 Å². The van der Waals surface area contributed by atoms with Gasteiger partial charge in [-0.05, 0) is 12.8 Å². The third-order valence-corrected chi connectivity index (χ3v) is 3.34. The van der Waals surface area contributed by atoms with E-state index in [1.54, 1.807) is 26.1 Å². The minimum atomic E-state index is 0.0773. The van der Waals surface area contributed by atoms with Crippen LogP contribution in [0.15, 0.2) is 0 Å². The summed E-state index contributed by atoms with van der Waals surface area (Å²) in [4.78, 5) is 19.7. The van der Waals surface area contributed by atoms with Gasteiger partial charge < -0.3 is 14.5 Å². The molecular formula is C12H21N5O2. The van der Waals surface area contributed by atoms with Gasteiger partial charge in [0, 0.05) is 40.2 Å². The van der Waals surface area contributed by atoms with Gasteiger partial charge in [-0.15, -0.1) is 0 Å². The van der Waals surface area contributed by atoms with Gasteiger partial charge in [0.05, 0.1) is 0 Å². The molecule has 19 heavy (non-hydrogen) atoms. The Balaban J connectivity index is 1.90. The molecule has 1 N–H and O–H groups in total. The molecule has 0 atom stereocenters. The summed E-state index contributed by atoms with van der Waals surface area (Å²) in [6, 6.07) is 0.0773. The van der Waals surface area contributed by atoms with Crippen molar-refractivity contribution >= 4 is 6.03 Å². The maximum absolute atomic E-state index is 11.8. The summed E-state index contributed by atoms with van der Waals surface area (Å²) >= 11 is 0. The first-order chi connectivity index (χ1) is 9.11. The van der Waals surface area contributed by atoms with E-state index in [9.17, 15) is 4.79 Å². The first-order valence-corrected chi connectivity index (χ1v) is 6.48. The second-order valence-electron chi connectivity index (χ2n) is 5.01. The predicted octanol–water partition coefficient (Wildman–Crippen LogP) is 0.812. The van der Waals surface area contributed by atoms with Crippen LogP contribution < -0.4 is 0 Å². The highest BCUT2D eigenvalue weighted by Crippen LogP contribution is 2.25. The molecule has 0 saturated carbocycles. The van der Waals surface area contributed by atoms with E-state index in [0.29, 0.717) is 12.5 Å². The molecule has 2 rings (SSSR count). The third kappa shape index (κ3) is 3.23. The Morgan fingerprint density at radius 2 is 2.16 bits per heavy atom. The highest BCUT2D eigenvalue weighted by atomic mass is 16.5. The number of aromatic nitrogens is 3. The van der Waals surface area contributed by atoms with Gasteiger partial charge >= 0.3 is 6.03 Å². The number of ether oxygens (including phenoxy) is 1. The molecule has 1 aromatic heterocycles. The first kappa shape index (κ1) is 13.8. The lowest BCUT2D eigenvalue weighted by molar-refractivity contribution is 0.155. The number of hydrogen-bond acceptors (Lipinski definition) is 4. The summed E-state index contributed by atoms with van der Waals surface area (Å²) in [6.07, 6.45) is 1.81.